The van der Waals surface area contributed by atoms with E-state index < -0.39 is 23.6 Å². The Hall–Kier alpha value is -2.02. The van der Waals surface area contributed by atoms with Crippen LogP contribution in [0.3, 0.4) is 0 Å². The predicted octanol–water partition coefficient (Wildman–Crippen LogP) is 2.09. The van der Waals surface area contributed by atoms with Gasteiger partial charge in [-0.25, -0.2) is 8.78 Å². The molecule has 2 atom stereocenters. The Bertz CT molecular complexity index is 643. The van der Waals surface area contributed by atoms with Gasteiger partial charge in [0.25, 0.3) is 0 Å². The molecule has 1 aromatic rings. The van der Waals surface area contributed by atoms with Crippen molar-refractivity contribution in [2.24, 2.45) is 0 Å². The van der Waals surface area contributed by atoms with Crippen molar-refractivity contribution in [2.75, 3.05) is 6.54 Å². The first-order chi connectivity index (χ1) is 12.0. The topological polar surface area (TPSA) is 69.6 Å². The van der Waals surface area contributed by atoms with Crippen LogP contribution in [0.4, 0.5) is 8.78 Å². The Morgan fingerprint density at radius 1 is 1.08 bits per heavy atom. The van der Waals surface area contributed by atoms with Gasteiger partial charge >= 0.3 is 5.97 Å². The van der Waals surface area contributed by atoms with E-state index in [1.807, 2.05) is 4.90 Å². The van der Waals surface area contributed by atoms with Crippen LogP contribution in [0.1, 0.15) is 37.7 Å². The molecule has 2 N–H and O–H groups in total. The second-order valence-electron chi connectivity index (χ2n) is 6.80. The summed E-state index contributed by atoms with van der Waals surface area (Å²) in [5.41, 5.74) is 0.554. The number of carboxylic acid groups (broad SMARTS) is 1. The molecule has 1 saturated carbocycles. The van der Waals surface area contributed by atoms with Crippen LogP contribution in [0.25, 0.3) is 0 Å². The fourth-order valence-electron chi connectivity index (χ4n) is 3.61. The number of halogens is 2. The summed E-state index contributed by atoms with van der Waals surface area (Å²) >= 11 is 0. The number of carbonyl (C=O) groups excluding carboxylic acids is 1. The van der Waals surface area contributed by atoms with Crippen molar-refractivity contribution in [2.45, 2.75) is 56.7 Å². The average Bonchev–Trinajstić information content (AvgIpc) is 3.28. The molecule has 25 heavy (non-hydrogen) atoms. The van der Waals surface area contributed by atoms with E-state index in [9.17, 15) is 23.5 Å². The zero-order chi connectivity index (χ0) is 18.0. The zero-order valence-corrected chi connectivity index (χ0v) is 13.9. The number of hydrogen-bond donors (Lipinski definition) is 2. The normalized spacial score (nSPS) is 23.6. The van der Waals surface area contributed by atoms with E-state index in [0.29, 0.717) is 37.8 Å². The monoisotopic (exact) mass is 352 g/mol. The van der Waals surface area contributed by atoms with E-state index >= 15 is 0 Å². The maximum atomic E-state index is 13.1. The lowest BCUT2D eigenvalue weighted by Crippen LogP contribution is -2.49. The van der Waals surface area contributed by atoms with Gasteiger partial charge in [-0.1, -0.05) is 0 Å². The molecule has 1 amide bonds. The van der Waals surface area contributed by atoms with Gasteiger partial charge in [0, 0.05) is 18.7 Å². The van der Waals surface area contributed by atoms with E-state index in [2.05, 4.69) is 5.32 Å². The van der Waals surface area contributed by atoms with E-state index in [1.165, 1.54) is 12.1 Å². The smallest absolute Gasteiger partial charge is 0.320 e. The molecule has 1 heterocycles. The van der Waals surface area contributed by atoms with Crippen LogP contribution >= 0.6 is 0 Å². The second kappa shape index (κ2) is 7.47. The summed E-state index contributed by atoms with van der Waals surface area (Å²) < 4.78 is 26.3. The molecule has 1 aliphatic carbocycles. The lowest BCUT2D eigenvalue weighted by atomic mass is 10.1. The molecular weight excluding hydrogens is 330 g/mol. The molecule has 2 aliphatic rings. The Morgan fingerprint density at radius 2 is 1.72 bits per heavy atom. The van der Waals surface area contributed by atoms with Gasteiger partial charge < -0.3 is 10.4 Å². The molecule has 136 valence electrons. The van der Waals surface area contributed by atoms with Gasteiger partial charge in [0.05, 0.1) is 6.04 Å². The summed E-state index contributed by atoms with van der Waals surface area (Å²) in [6.45, 7) is 0.393. The van der Waals surface area contributed by atoms with Crippen LogP contribution in [-0.2, 0) is 16.0 Å². The van der Waals surface area contributed by atoms with Crippen LogP contribution in [0.15, 0.2) is 18.2 Å². The number of hydrogen-bond acceptors (Lipinski definition) is 3. The van der Waals surface area contributed by atoms with Crippen LogP contribution in [0.2, 0.25) is 0 Å². The van der Waals surface area contributed by atoms with Gasteiger partial charge in [0.15, 0.2) is 0 Å². The first-order valence-electron chi connectivity index (χ1n) is 8.68. The molecule has 1 aliphatic heterocycles. The standard InChI is InChI=1S/C18H22F2N2O3/c19-12-8-11(9-13(20)10-12)2-1-7-21-17(23)15-5-6-16(18(24)25)22(15)14-3-4-14/h8-10,14-16H,1-7H2,(H,21,23)(H,24,25). The Labute approximate surface area is 145 Å². The molecule has 7 heteroatoms. The molecule has 1 saturated heterocycles. The zero-order valence-electron chi connectivity index (χ0n) is 13.9. The third-order valence-corrected chi connectivity index (χ3v) is 4.85. The summed E-state index contributed by atoms with van der Waals surface area (Å²) in [7, 11) is 0. The fourth-order valence-corrected chi connectivity index (χ4v) is 3.61. The molecule has 2 fully saturated rings. The number of nitrogens with zero attached hydrogens (tertiary/aromatic N) is 1. The van der Waals surface area contributed by atoms with Crippen molar-refractivity contribution in [3.8, 4) is 0 Å². The minimum atomic E-state index is -0.865. The second-order valence-corrected chi connectivity index (χ2v) is 6.80. The van der Waals surface area contributed by atoms with Gasteiger partial charge in [-0.05, 0) is 56.2 Å². The lowest BCUT2D eigenvalue weighted by molar-refractivity contribution is -0.143. The SMILES string of the molecule is O=C(O)C1CCC(C(=O)NCCCc2cc(F)cc(F)c2)N1C1CC1. The number of carbonyl (C=O) groups is 2. The lowest BCUT2D eigenvalue weighted by Gasteiger charge is -2.27. The van der Waals surface area contributed by atoms with Gasteiger partial charge in [0.1, 0.15) is 17.7 Å². The highest BCUT2D eigenvalue weighted by atomic mass is 19.1. The quantitative estimate of drug-likeness (QED) is 0.738. The first-order valence-corrected chi connectivity index (χ1v) is 8.68. The van der Waals surface area contributed by atoms with Gasteiger partial charge in [0.2, 0.25) is 5.91 Å². The Balaban J connectivity index is 1.48. The maximum Gasteiger partial charge on any atom is 0.320 e. The number of aliphatic carboxylic acids is 1. The molecule has 0 spiro atoms. The van der Waals surface area contributed by atoms with Crippen LogP contribution < -0.4 is 5.32 Å². The number of rotatable bonds is 7. The van der Waals surface area contributed by atoms with Gasteiger partial charge in [-0.2, -0.15) is 0 Å². The first kappa shape index (κ1) is 17.8. The number of carboxylic acids is 1. The van der Waals surface area contributed by atoms with Gasteiger partial charge in [-0.15, -0.1) is 0 Å². The third-order valence-electron chi connectivity index (χ3n) is 4.85. The summed E-state index contributed by atoms with van der Waals surface area (Å²) in [6.07, 6.45) is 3.95. The maximum absolute atomic E-state index is 13.1. The van der Waals surface area contributed by atoms with Crippen LogP contribution in [0.5, 0.6) is 0 Å². The summed E-state index contributed by atoms with van der Waals surface area (Å²) in [4.78, 5) is 25.6. The highest BCUT2D eigenvalue weighted by Crippen LogP contribution is 2.37. The number of likely N-dealkylation sites (tertiary alicyclic amines) is 1. The average molecular weight is 352 g/mol. The number of benzene rings is 1. The van der Waals surface area contributed by atoms with E-state index in [-0.39, 0.29) is 18.0 Å². The van der Waals surface area contributed by atoms with Crippen LogP contribution in [0, 0.1) is 11.6 Å². The van der Waals surface area contributed by atoms with Crippen LogP contribution in [-0.4, -0.2) is 46.6 Å². The largest absolute Gasteiger partial charge is 0.480 e. The Kier molecular flexibility index (Phi) is 5.32. The van der Waals surface area contributed by atoms with Crippen molar-refractivity contribution >= 4 is 11.9 Å². The summed E-state index contributed by atoms with van der Waals surface area (Å²) in [5.74, 6) is -2.23. The fraction of sp³-hybridized carbons (Fsp3) is 0.556. The summed E-state index contributed by atoms with van der Waals surface area (Å²) in [6, 6.07) is 2.65. The Morgan fingerprint density at radius 3 is 2.32 bits per heavy atom. The molecule has 2 unspecified atom stereocenters. The molecule has 1 aromatic carbocycles. The number of aryl methyl sites for hydroxylation is 1. The van der Waals surface area contributed by atoms with E-state index in [1.54, 1.807) is 0 Å². The molecule has 0 aromatic heterocycles. The minimum Gasteiger partial charge on any atom is -0.480 e. The van der Waals surface area contributed by atoms with Crippen molar-refractivity contribution in [3.63, 3.8) is 0 Å². The number of amides is 1. The molecular formula is C18H22F2N2O3. The third kappa shape index (κ3) is 4.34. The molecule has 5 nitrogen and oxygen atoms in total. The van der Waals surface area contributed by atoms with E-state index in [0.717, 1.165) is 18.9 Å². The molecule has 3 rings (SSSR count). The molecule has 0 radical (unpaired) electrons. The molecule has 0 bridgehead atoms. The van der Waals surface area contributed by atoms with Crippen molar-refractivity contribution < 1.29 is 23.5 Å². The van der Waals surface area contributed by atoms with Crippen molar-refractivity contribution in [3.05, 3.63) is 35.4 Å². The predicted molar refractivity (Wildman–Crippen MR) is 87.0 cm³/mol. The van der Waals surface area contributed by atoms with E-state index in [4.69, 9.17) is 0 Å². The van der Waals surface area contributed by atoms with Crippen molar-refractivity contribution in [1.29, 1.82) is 0 Å². The summed E-state index contributed by atoms with van der Waals surface area (Å²) in [5, 5.41) is 12.1. The van der Waals surface area contributed by atoms with Crippen molar-refractivity contribution in [1.82, 2.24) is 10.2 Å². The van der Waals surface area contributed by atoms with Gasteiger partial charge in [-0.3, -0.25) is 14.5 Å². The highest BCUT2D eigenvalue weighted by Gasteiger charge is 2.48. The highest BCUT2D eigenvalue weighted by molar-refractivity contribution is 5.84. The number of nitrogens with one attached hydrogen (secondary N) is 1. The minimum absolute atomic E-state index is 0.152.